The van der Waals surface area contributed by atoms with Crippen molar-refractivity contribution in [3.8, 4) is 0 Å². The summed E-state index contributed by atoms with van der Waals surface area (Å²) in [5.41, 5.74) is -0.392. The summed E-state index contributed by atoms with van der Waals surface area (Å²) in [5, 5.41) is 18.9. The van der Waals surface area contributed by atoms with Crippen LogP contribution >= 0.6 is 0 Å². The van der Waals surface area contributed by atoms with E-state index in [4.69, 9.17) is 9.84 Å². The molecule has 0 saturated heterocycles. The molecule has 5 nitrogen and oxygen atoms in total. The molecule has 140 valence electrons. The summed E-state index contributed by atoms with van der Waals surface area (Å²) >= 11 is 0. The molecule has 0 bridgehead atoms. The van der Waals surface area contributed by atoms with Crippen molar-refractivity contribution in [3.63, 3.8) is 0 Å². The van der Waals surface area contributed by atoms with Gasteiger partial charge in [0.25, 0.3) is 0 Å². The molecule has 0 aromatic heterocycles. The van der Waals surface area contributed by atoms with E-state index in [0.29, 0.717) is 25.9 Å². The van der Waals surface area contributed by atoms with E-state index >= 15 is 0 Å². The largest absolute Gasteiger partial charge is 0.481 e. The van der Waals surface area contributed by atoms with E-state index in [1.807, 2.05) is 38.2 Å². The molecule has 1 aliphatic rings. The molecule has 3 atom stereocenters. The molecule has 25 heavy (non-hydrogen) atoms. The number of ketones is 1. The number of carboxylic acid groups (broad SMARTS) is 1. The summed E-state index contributed by atoms with van der Waals surface area (Å²) in [6.07, 6.45) is 12.4. The third-order valence-corrected chi connectivity index (χ3v) is 4.46. The maximum atomic E-state index is 12.0. The molecule has 0 amide bonds. The van der Waals surface area contributed by atoms with Crippen molar-refractivity contribution >= 4 is 11.8 Å². The van der Waals surface area contributed by atoms with Crippen LogP contribution in [0.25, 0.3) is 0 Å². The van der Waals surface area contributed by atoms with Crippen molar-refractivity contribution in [2.45, 2.75) is 45.6 Å². The van der Waals surface area contributed by atoms with Crippen LogP contribution < -0.4 is 0 Å². The molecule has 0 aliphatic heterocycles. The zero-order valence-electron chi connectivity index (χ0n) is 15.4. The van der Waals surface area contributed by atoms with Crippen LogP contribution in [-0.2, 0) is 14.3 Å². The second-order valence-electron chi connectivity index (χ2n) is 7.19. The Hall–Kier alpha value is -1.72. The number of aliphatic hydroxyl groups excluding tert-OH is 1. The van der Waals surface area contributed by atoms with Gasteiger partial charge in [0.15, 0.2) is 5.78 Å². The molecule has 5 heteroatoms. The van der Waals surface area contributed by atoms with Crippen molar-refractivity contribution in [2.75, 3.05) is 13.7 Å². The van der Waals surface area contributed by atoms with Crippen LogP contribution in [0.15, 0.2) is 36.5 Å². The van der Waals surface area contributed by atoms with E-state index in [1.54, 1.807) is 19.3 Å². The first kappa shape index (κ1) is 21.3. The summed E-state index contributed by atoms with van der Waals surface area (Å²) in [7, 11) is 1.61. The van der Waals surface area contributed by atoms with E-state index in [9.17, 15) is 14.7 Å². The van der Waals surface area contributed by atoms with E-state index in [0.717, 1.165) is 0 Å². The van der Waals surface area contributed by atoms with Gasteiger partial charge in [-0.15, -0.1) is 0 Å². The van der Waals surface area contributed by atoms with Crippen LogP contribution in [0.3, 0.4) is 0 Å². The maximum absolute atomic E-state index is 12.0. The monoisotopic (exact) mass is 350 g/mol. The minimum atomic E-state index is -0.788. The van der Waals surface area contributed by atoms with Gasteiger partial charge in [0.1, 0.15) is 0 Å². The van der Waals surface area contributed by atoms with Crippen LogP contribution in [-0.4, -0.2) is 41.8 Å². The second-order valence-corrected chi connectivity index (χ2v) is 7.19. The molecular weight excluding hydrogens is 320 g/mol. The third-order valence-electron chi connectivity index (χ3n) is 4.46. The van der Waals surface area contributed by atoms with Gasteiger partial charge in [0.05, 0.1) is 12.7 Å². The van der Waals surface area contributed by atoms with Crippen LogP contribution in [0.2, 0.25) is 0 Å². The molecule has 0 saturated carbocycles. The molecule has 0 aromatic rings. The predicted octanol–water partition coefficient (Wildman–Crippen LogP) is 3.15. The quantitative estimate of drug-likeness (QED) is 0.442. The van der Waals surface area contributed by atoms with E-state index in [-0.39, 0.29) is 24.0 Å². The fourth-order valence-electron chi connectivity index (χ4n) is 2.81. The minimum Gasteiger partial charge on any atom is -0.481 e. The van der Waals surface area contributed by atoms with Gasteiger partial charge in [-0.2, -0.15) is 0 Å². The lowest BCUT2D eigenvalue weighted by atomic mass is 9.85. The number of unbranched alkanes of at least 4 members (excludes halogenated alkanes) is 1. The number of methoxy groups -OCH3 is 1. The maximum Gasteiger partial charge on any atom is 0.303 e. The number of carbonyl (C=O) groups is 2. The second kappa shape index (κ2) is 10.3. The molecule has 2 N–H and O–H groups in total. The Balaban J connectivity index is 2.54. The van der Waals surface area contributed by atoms with Gasteiger partial charge in [-0.3, -0.25) is 9.59 Å². The molecule has 0 heterocycles. The van der Waals surface area contributed by atoms with Gasteiger partial charge >= 0.3 is 5.97 Å². The molecule has 1 aliphatic carbocycles. The zero-order valence-corrected chi connectivity index (χ0v) is 15.4. The van der Waals surface area contributed by atoms with Gasteiger partial charge in [-0.05, 0) is 25.3 Å². The average molecular weight is 350 g/mol. The Morgan fingerprint density at radius 2 is 2.12 bits per heavy atom. The van der Waals surface area contributed by atoms with Crippen molar-refractivity contribution < 1.29 is 24.5 Å². The van der Waals surface area contributed by atoms with Gasteiger partial charge in [-0.25, -0.2) is 0 Å². The average Bonchev–Trinajstić information content (AvgIpc) is 2.88. The number of rotatable bonds is 11. The fourth-order valence-corrected chi connectivity index (χ4v) is 2.81. The van der Waals surface area contributed by atoms with Crippen LogP contribution in [0, 0.1) is 17.3 Å². The Morgan fingerprint density at radius 1 is 1.40 bits per heavy atom. The zero-order chi connectivity index (χ0) is 18.9. The Morgan fingerprint density at radius 3 is 2.76 bits per heavy atom. The number of carboxylic acids is 1. The molecule has 1 unspecified atom stereocenters. The lowest BCUT2D eigenvalue weighted by molar-refractivity contribution is -0.137. The molecule has 1 rings (SSSR count). The summed E-state index contributed by atoms with van der Waals surface area (Å²) in [6.45, 7) is 4.30. The Bertz CT molecular complexity index is 530. The van der Waals surface area contributed by atoms with E-state index in [1.165, 1.54) is 0 Å². The highest BCUT2D eigenvalue weighted by Gasteiger charge is 2.29. The first-order chi connectivity index (χ1) is 11.8. The number of ether oxygens (including phenoxy) is 1. The highest BCUT2D eigenvalue weighted by molar-refractivity contribution is 5.95. The number of aliphatic hydroxyl groups is 1. The van der Waals surface area contributed by atoms with Crippen molar-refractivity contribution in [1.29, 1.82) is 0 Å². The van der Waals surface area contributed by atoms with Gasteiger partial charge in [-0.1, -0.05) is 44.2 Å². The smallest absolute Gasteiger partial charge is 0.303 e. The number of hydrogen-bond donors (Lipinski definition) is 2. The number of allylic oxidation sites excluding steroid dienone is 5. The first-order valence-corrected chi connectivity index (χ1v) is 8.72. The molecule has 0 spiro atoms. The number of aliphatic carboxylic acids is 1. The molecule has 0 fully saturated rings. The van der Waals surface area contributed by atoms with Crippen LogP contribution in [0.4, 0.5) is 0 Å². The molecule has 0 aromatic carbocycles. The topological polar surface area (TPSA) is 83.8 Å². The van der Waals surface area contributed by atoms with Crippen molar-refractivity contribution in [2.24, 2.45) is 17.3 Å². The Labute approximate surface area is 150 Å². The summed E-state index contributed by atoms with van der Waals surface area (Å²) < 4.78 is 5.13. The van der Waals surface area contributed by atoms with Gasteiger partial charge in [0.2, 0.25) is 0 Å². The summed E-state index contributed by atoms with van der Waals surface area (Å²) in [4.78, 5) is 22.5. The van der Waals surface area contributed by atoms with Crippen LogP contribution in [0.5, 0.6) is 0 Å². The van der Waals surface area contributed by atoms with E-state index < -0.39 is 17.5 Å². The third kappa shape index (κ3) is 7.36. The number of hydrogen-bond acceptors (Lipinski definition) is 4. The van der Waals surface area contributed by atoms with Gasteiger partial charge < -0.3 is 14.9 Å². The minimum absolute atomic E-state index is 0.0239. The highest BCUT2D eigenvalue weighted by Crippen LogP contribution is 2.29. The van der Waals surface area contributed by atoms with E-state index in [2.05, 4.69) is 0 Å². The molecule has 0 radical (unpaired) electrons. The summed E-state index contributed by atoms with van der Waals surface area (Å²) in [5.74, 6) is -0.868. The SMILES string of the molecule is COCC(C)(C)C(O)C=C[C@H]1C=CC(=O)[C@@H]1C/C=C\CCCC(=O)O. The standard InChI is InChI=1S/C20H30O5/c1-20(2,14-25-3)18(22)13-11-15-10-12-17(21)16(15)8-6-4-5-7-9-19(23)24/h4,6,10-13,15-16,18,22H,5,7-9,14H2,1-3H3,(H,23,24)/b6-4-,13-11?/t15-,16-,18?/m1/s1. The van der Waals surface area contributed by atoms with Gasteiger partial charge in [0, 0.05) is 30.8 Å². The highest BCUT2D eigenvalue weighted by atomic mass is 16.5. The molecular formula is C20H30O5. The number of carbonyl (C=O) groups excluding carboxylic acids is 1. The Kier molecular flexibility index (Phi) is 8.79. The first-order valence-electron chi connectivity index (χ1n) is 8.72. The lowest BCUT2D eigenvalue weighted by Crippen LogP contribution is -2.32. The fraction of sp³-hybridized carbons (Fsp3) is 0.600. The van der Waals surface area contributed by atoms with Crippen LogP contribution in [0.1, 0.15) is 39.5 Å². The predicted molar refractivity (Wildman–Crippen MR) is 97.2 cm³/mol. The van der Waals surface area contributed by atoms with Crippen molar-refractivity contribution in [1.82, 2.24) is 0 Å². The normalized spacial score (nSPS) is 22.3. The summed E-state index contributed by atoms with van der Waals surface area (Å²) in [6, 6.07) is 0. The van der Waals surface area contributed by atoms with Crippen molar-refractivity contribution in [3.05, 3.63) is 36.5 Å². The lowest BCUT2D eigenvalue weighted by Gasteiger charge is -2.27.